The molecule has 0 atom stereocenters. The summed E-state index contributed by atoms with van der Waals surface area (Å²) >= 11 is 5.99. The fraction of sp³-hybridized carbons (Fsp3) is 0.133. The zero-order chi connectivity index (χ0) is 22.0. The van der Waals surface area contributed by atoms with Gasteiger partial charge in [-0.25, -0.2) is 29.7 Å². The molecule has 0 aliphatic rings. The zero-order valence-electron chi connectivity index (χ0n) is 15.0. The minimum atomic E-state index is -3.71. The lowest BCUT2D eigenvalue weighted by molar-refractivity contribution is -0.109. The molecule has 1 aromatic heterocycles. The van der Waals surface area contributed by atoms with Crippen LogP contribution in [0.15, 0.2) is 39.8 Å². The van der Waals surface area contributed by atoms with Crippen LogP contribution in [0.3, 0.4) is 0 Å². The van der Waals surface area contributed by atoms with Crippen molar-refractivity contribution < 1.29 is 32.0 Å². The molecular formula is C15H18ClN5O7S. The number of anilines is 1. The van der Waals surface area contributed by atoms with Gasteiger partial charge in [0.2, 0.25) is 6.41 Å². The molecule has 2 aromatic rings. The molecule has 158 valence electrons. The van der Waals surface area contributed by atoms with E-state index in [2.05, 4.69) is 15.9 Å². The minimum Gasteiger partial charge on any atom is -0.467 e. The Morgan fingerprint density at radius 2 is 1.97 bits per heavy atom. The van der Waals surface area contributed by atoms with E-state index in [1.54, 1.807) is 23.0 Å². The zero-order valence-corrected chi connectivity index (χ0v) is 16.5. The molecule has 14 heteroatoms. The molecule has 0 saturated heterocycles. The van der Waals surface area contributed by atoms with Crippen LogP contribution < -0.4 is 27.9 Å². The first kappa shape index (κ1) is 23.9. The largest absolute Gasteiger partial charge is 0.467 e. The predicted octanol–water partition coefficient (Wildman–Crippen LogP) is 0.295. The number of benzene rings is 1. The summed E-state index contributed by atoms with van der Waals surface area (Å²) in [6.45, 7) is 0.185. The van der Waals surface area contributed by atoms with Gasteiger partial charge in [0.05, 0.1) is 34.0 Å². The Balaban J connectivity index is 0.000000960. The Labute approximate surface area is 170 Å². The molecule has 0 unspecified atom stereocenters. The molecule has 0 aliphatic heterocycles. The van der Waals surface area contributed by atoms with E-state index in [-0.39, 0.29) is 27.7 Å². The van der Waals surface area contributed by atoms with Gasteiger partial charge in [-0.2, -0.15) is 0 Å². The van der Waals surface area contributed by atoms with Gasteiger partial charge < -0.3 is 14.5 Å². The van der Waals surface area contributed by atoms with Gasteiger partial charge in [0.1, 0.15) is 5.76 Å². The second kappa shape index (κ2) is 11.0. The molecule has 0 radical (unpaired) electrons. The highest BCUT2D eigenvalue weighted by molar-refractivity contribution is 7.90. The number of halogens is 1. The van der Waals surface area contributed by atoms with E-state index in [0.717, 1.165) is 12.3 Å². The first-order valence-corrected chi connectivity index (χ1v) is 9.83. The van der Waals surface area contributed by atoms with Crippen LogP contribution in [-0.4, -0.2) is 33.1 Å². The van der Waals surface area contributed by atoms with Crippen LogP contribution in [0.1, 0.15) is 16.1 Å². The van der Waals surface area contributed by atoms with E-state index in [1.165, 1.54) is 12.3 Å². The highest BCUT2D eigenvalue weighted by Gasteiger charge is 2.22. The van der Waals surface area contributed by atoms with Crippen LogP contribution in [0, 0.1) is 0 Å². The Morgan fingerprint density at radius 1 is 1.31 bits per heavy atom. The van der Waals surface area contributed by atoms with Crippen molar-refractivity contribution >= 4 is 45.6 Å². The number of sulfone groups is 1. The fourth-order valence-electron chi connectivity index (χ4n) is 1.92. The van der Waals surface area contributed by atoms with Crippen molar-refractivity contribution in [2.75, 3.05) is 11.6 Å². The van der Waals surface area contributed by atoms with E-state index in [0.29, 0.717) is 12.2 Å². The monoisotopic (exact) mass is 447 g/mol. The first-order valence-electron chi connectivity index (χ1n) is 7.56. The van der Waals surface area contributed by atoms with E-state index in [9.17, 15) is 18.0 Å². The molecule has 0 fully saturated rings. The summed E-state index contributed by atoms with van der Waals surface area (Å²) in [4.78, 5) is 31.9. The van der Waals surface area contributed by atoms with E-state index < -0.39 is 21.9 Å². The fourth-order valence-corrected chi connectivity index (χ4v) is 3.25. The van der Waals surface area contributed by atoms with Crippen LogP contribution in [0.25, 0.3) is 0 Å². The minimum absolute atomic E-state index is 0.0933. The molecule has 12 nitrogen and oxygen atoms in total. The average Bonchev–Trinajstić information content (AvgIpc) is 3.18. The van der Waals surface area contributed by atoms with E-state index >= 15 is 0 Å². The Kier molecular flexibility index (Phi) is 9.08. The number of carbonyl (C=O) groups excluding carboxylic acids is 3. The number of nitrogens with one attached hydrogen (secondary N) is 3. The van der Waals surface area contributed by atoms with Gasteiger partial charge in [-0.15, -0.1) is 0 Å². The molecule has 0 spiro atoms. The summed E-state index contributed by atoms with van der Waals surface area (Å²) in [5, 5.41) is 2.78. The lowest BCUT2D eigenvalue weighted by Crippen LogP contribution is -2.32. The quantitative estimate of drug-likeness (QED) is 0.102. The molecule has 0 aliphatic carbocycles. The summed E-state index contributed by atoms with van der Waals surface area (Å²) in [6, 6.07) is 5.64. The van der Waals surface area contributed by atoms with E-state index in [1.807, 2.05) is 0 Å². The third-order valence-corrected chi connectivity index (χ3v) is 4.66. The highest BCUT2D eigenvalue weighted by Crippen LogP contribution is 2.30. The van der Waals surface area contributed by atoms with Crippen molar-refractivity contribution in [1.82, 2.24) is 10.9 Å². The maximum atomic E-state index is 12.1. The highest BCUT2D eigenvalue weighted by atomic mass is 35.5. The van der Waals surface area contributed by atoms with E-state index in [4.69, 9.17) is 26.7 Å². The average molecular weight is 448 g/mol. The van der Waals surface area contributed by atoms with Gasteiger partial charge in [0, 0.05) is 6.26 Å². The summed E-state index contributed by atoms with van der Waals surface area (Å²) in [5.74, 6) is 8.72. The first-order chi connectivity index (χ1) is 13.6. The van der Waals surface area contributed by atoms with Gasteiger partial charge in [0.15, 0.2) is 9.84 Å². The number of hydrazine groups is 2. The number of furan rings is 1. The van der Waals surface area contributed by atoms with Crippen molar-refractivity contribution in [1.29, 1.82) is 0 Å². The number of hydrogen-bond acceptors (Lipinski definition) is 10. The summed E-state index contributed by atoms with van der Waals surface area (Å²) in [5.41, 5.74) is 3.33. The number of amides is 2. The second-order valence-corrected chi connectivity index (χ2v) is 7.53. The number of hydrogen-bond donors (Lipinski definition) is 5. The molecule has 1 heterocycles. The topological polar surface area (TPSA) is 196 Å². The van der Waals surface area contributed by atoms with Gasteiger partial charge in [-0.05, 0) is 24.3 Å². The van der Waals surface area contributed by atoms with Crippen molar-refractivity contribution in [3.05, 3.63) is 46.9 Å². The molecule has 0 saturated carbocycles. The number of esters is 1. The number of rotatable bonds is 6. The normalized spacial score (nSPS) is 10.2. The Morgan fingerprint density at radius 3 is 2.45 bits per heavy atom. The molecule has 2 rings (SSSR count). The lowest BCUT2D eigenvalue weighted by atomic mass is 10.1. The molecule has 2 amide bonds. The summed E-state index contributed by atoms with van der Waals surface area (Å²) in [7, 11) is -3.71. The number of nitrogens with two attached hydrogens (primary N) is 2. The standard InChI is InChI=1S/C14H14ClN3O6S.CH4N2O/c1-25(21,22)12-5-9(13(19)24-14(20)18-16)11(6-10(12)15)17-7-8-3-2-4-23-8;2-3-1-4/h2-6,17H,7,16H2,1H3,(H,18,20);1H,2H2,(H,3,4). The van der Waals surface area contributed by atoms with Gasteiger partial charge >= 0.3 is 12.1 Å². The Hall–Kier alpha value is -3.13. The maximum absolute atomic E-state index is 12.1. The van der Waals surface area contributed by atoms with Crippen molar-refractivity contribution in [3.63, 3.8) is 0 Å². The van der Waals surface area contributed by atoms with Gasteiger partial charge in [-0.1, -0.05) is 11.6 Å². The second-order valence-electron chi connectivity index (χ2n) is 5.14. The molecule has 0 bridgehead atoms. The summed E-state index contributed by atoms with van der Waals surface area (Å²) in [6.07, 6.45) is 1.61. The van der Waals surface area contributed by atoms with Crippen molar-refractivity contribution in [2.24, 2.45) is 11.7 Å². The smallest absolute Gasteiger partial charge is 0.429 e. The maximum Gasteiger partial charge on any atom is 0.429 e. The number of ether oxygens (including phenoxy) is 1. The predicted molar refractivity (Wildman–Crippen MR) is 102 cm³/mol. The third-order valence-electron chi connectivity index (χ3n) is 3.10. The molecular weight excluding hydrogens is 430 g/mol. The van der Waals surface area contributed by atoms with Crippen LogP contribution in [0.4, 0.5) is 10.5 Å². The van der Waals surface area contributed by atoms with Crippen molar-refractivity contribution in [3.8, 4) is 0 Å². The van der Waals surface area contributed by atoms with Gasteiger partial charge in [0.25, 0.3) is 0 Å². The van der Waals surface area contributed by atoms with Crippen LogP contribution in [0.5, 0.6) is 0 Å². The Bertz CT molecular complexity index is 964. The lowest BCUT2D eigenvalue weighted by Gasteiger charge is -2.13. The third kappa shape index (κ3) is 7.42. The SMILES string of the molecule is CS(=O)(=O)c1cc(C(=O)OC(=O)NN)c(NCc2ccco2)cc1Cl.NNC=O. The molecule has 1 aromatic carbocycles. The molecule has 7 N–H and O–H groups in total. The van der Waals surface area contributed by atoms with Crippen LogP contribution >= 0.6 is 11.6 Å². The van der Waals surface area contributed by atoms with Crippen molar-refractivity contribution in [2.45, 2.75) is 11.4 Å². The number of carbonyl (C=O) groups is 3. The van der Waals surface area contributed by atoms with Crippen LogP contribution in [0.2, 0.25) is 5.02 Å². The van der Waals surface area contributed by atoms with Gasteiger partial charge in [-0.3, -0.25) is 15.6 Å². The summed E-state index contributed by atoms with van der Waals surface area (Å²) < 4.78 is 33.2. The van der Waals surface area contributed by atoms with Crippen LogP contribution in [-0.2, 0) is 25.9 Å². The molecule has 29 heavy (non-hydrogen) atoms.